The number of thioether (sulfide) groups is 1. The monoisotopic (exact) mass is 459 g/mol. The summed E-state index contributed by atoms with van der Waals surface area (Å²) >= 11 is 18.4. The number of halogens is 2. The lowest BCUT2D eigenvalue weighted by atomic mass is 10.2. The molecule has 27 heavy (non-hydrogen) atoms. The number of benzene rings is 2. The largest absolute Gasteiger partial charge is 0.382 e. The van der Waals surface area contributed by atoms with Gasteiger partial charge in [0.1, 0.15) is 5.75 Å². The maximum Gasteiger partial charge on any atom is 0.306 e. The summed E-state index contributed by atoms with van der Waals surface area (Å²) < 4.78 is 28.2. The highest BCUT2D eigenvalue weighted by atomic mass is 35.5. The Morgan fingerprint density at radius 1 is 1.15 bits per heavy atom. The van der Waals surface area contributed by atoms with Crippen molar-refractivity contribution in [2.45, 2.75) is 0 Å². The van der Waals surface area contributed by atoms with Crippen LogP contribution in [0.4, 0.5) is 5.69 Å². The highest BCUT2D eigenvalue weighted by Crippen LogP contribution is 2.38. The van der Waals surface area contributed by atoms with Gasteiger partial charge in [-0.25, -0.2) is 0 Å². The van der Waals surface area contributed by atoms with Crippen molar-refractivity contribution in [3.05, 3.63) is 63.0 Å². The Labute approximate surface area is 176 Å². The van der Waals surface area contributed by atoms with Gasteiger partial charge in [-0.3, -0.25) is 9.69 Å². The zero-order chi connectivity index (χ0) is 19.8. The second-order valence-corrected chi connectivity index (χ2v) is 9.59. The van der Waals surface area contributed by atoms with Gasteiger partial charge in [0.2, 0.25) is 0 Å². The van der Waals surface area contributed by atoms with Gasteiger partial charge in [0.25, 0.3) is 5.91 Å². The minimum absolute atomic E-state index is 0.0647. The third-order valence-electron chi connectivity index (χ3n) is 3.36. The van der Waals surface area contributed by atoms with E-state index in [1.165, 1.54) is 29.2 Å². The topological polar surface area (TPSA) is 63.7 Å². The molecule has 1 amide bonds. The summed E-state index contributed by atoms with van der Waals surface area (Å²) in [6.45, 7) is 0. The van der Waals surface area contributed by atoms with Crippen molar-refractivity contribution in [2.75, 3.05) is 11.2 Å². The highest BCUT2D eigenvalue weighted by Gasteiger charge is 2.33. The van der Waals surface area contributed by atoms with E-state index < -0.39 is 10.1 Å². The van der Waals surface area contributed by atoms with Crippen molar-refractivity contribution in [2.24, 2.45) is 0 Å². The summed E-state index contributed by atoms with van der Waals surface area (Å²) in [7, 11) is -3.74. The predicted molar refractivity (Wildman–Crippen MR) is 114 cm³/mol. The van der Waals surface area contributed by atoms with E-state index in [1.807, 2.05) is 0 Å². The van der Waals surface area contributed by atoms with Crippen molar-refractivity contribution < 1.29 is 17.4 Å². The summed E-state index contributed by atoms with van der Waals surface area (Å²) in [4.78, 5) is 14.5. The molecule has 5 nitrogen and oxygen atoms in total. The minimum Gasteiger partial charge on any atom is -0.382 e. The standard InChI is InChI=1S/C17H11Cl2NO4S3/c1-27(22,23)24-14-6-5-12(19)7-10(14)8-15-16(21)20(17(25)26-15)13-4-2-3-11(18)9-13/h2-9H,1H3. The second kappa shape index (κ2) is 7.81. The summed E-state index contributed by atoms with van der Waals surface area (Å²) in [5.74, 6) is -0.285. The quantitative estimate of drug-likeness (QED) is 0.373. The van der Waals surface area contributed by atoms with Crippen molar-refractivity contribution in [3.8, 4) is 5.75 Å². The summed E-state index contributed by atoms with van der Waals surface area (Å²) in [5.41, 5.74) is 0.895. The molecule has 0 unspecified atom stereocenters. The van der Waals surface area contributed by atoms with Gasteiger partial charge >= 0.3 is 10.1 Å². The fourth-order valence-corrected chi connectivity index (χ4v) is 4.45. The van der Waals surface area contributed by atoms with Gasteiger partial charge in [-0.2, -0.15) is 8.42 Å². The average molecular weight is 460 g/mol. The van der Waals surface area contributed by atoms with Crippen LogP contribution in [0.1, 0.15) is 5.56 Å². The van der Waals surface area contributed by atoms with Crippen LogP contribution < -0.4 is 9.08 Å². The van der Waals surface area contributed by atoms with Gasteiger partial charge < -0.3 is 4.18 Å². The Kier molecular flexibility index (Phi) is 5.83. The van der Waals surface area contributed by atoms with Crippen LogP contribution in [0.5, 0.6) is 5.75 Å². The van der Waals surface area contributed by atoms with Gasteiger partial charge in [-0.1, -0.05) is 53.2 Å². The molecule has 3 rings (SSSR count). The number of rotatable bonds is 4. The van der Waals surface area contributed by atoms with E-state index >= 15 is 0 Å². The zero-order valence-electron chi connectivity index (χ0n) is 13.7. The highest BCUT2D eigenvalue weighted by molar-refractivity contribution is 8.27. The van der Waals surface area contributed by atoms with Gasteiger partial charge in [0.15, 0.2) is 4.32 Å². The maximum absolute atomic E-state index is 12.8. The van der Waals surface area contributed by atoms with Gasteiger partial charge in [-0.15, -0.1) is 0 Å². The maximum atomic E-state index is 12.8. The molecule has 1 heterocycles. The Hall–Kier alpha value is -1.58. The van der Waals surface area contributed by atoms with Gasteiger partial charge in [0, 0.05) is 15.6 Å². The van der Waals surface area contributed by atoms with E-state index in [0.29, 0.717) is 30.5 Å². The number of amides is 1. The number of anilines is 1. The van der Waals surface area contributed by atoms with E-state index in [1.54, 1.807) is 24.3 Å². The zero-order valence-corrected chi connectivity index (χ0v) is 17.6. The first-order chi connectivity index (χ1) is 12.6. The molecule has 0 N–H and O–H groups in total. The van der Waals surface area contributed by atoms with Crippen LogP contribution >= 0.6 is 47.2 Å². The summed E-state index contributed by atoms with van der Waals surface area (Å²) in [6, 6.07) is 11.2. The number of carbonyl (C=O) groups excluding carboxylic acids is 1. The van der Waals surface area contributed by atoms with Crippen molar-refractivity contribution in [1.82, 2.24) is 0 Å². The van der Waals surface area contributed by atoms with Gasteiger partial charge in [0.05, 0.1) is 16.8 Å². The second-order valence-electron chi connectivity index (χ2n) is 5.47. The van der Waals surface area contributed by atoms with E-state index in [0.717, 1.165) is 18.0 Å². The molecule has 0 radical (unpaired) electrons. The first kappa shape index (κ1) is 20.2. The molecular formula is C17H11Cl2NO4S3. The molecular weight excluding hydrogens is 449 g/mol. The van der Waals surface area contributed by atoms with E-state index in [4.69, 9.17) is 39.6 Å². The average Bonchev–Trinajstić information content (AvgIpc) is 2.83. The Morgan fingerprint density at radius 3 is 2.52 bits per heavy atom. The normalized spacial score (nSPS) is 16.3. The summed E-state index contributed by atoms with van der Waals surface area (Å²) in [5, 5.41) is 0.844. The first-order valence-electron chi connectivity index (χ1n) is 7.36. The minimum atomic E-state index is -3.74. The van der Waals surface area contributed by atoms with Crippen molar-refractivity contribution in [3.63, 3.8) is 0 Å². The molecule has 10 heteroatoms. The number of thiocarbonyl (C=S) groups is 1. The molecule has 1 fully saturated rings. The van der Waals surface area contributed by atoms with Crippen LogP contribution in [0.15, 0.2) is 47.4 Å². The van der Waals surface area contributed by atoms with Crippen molar-refractivity contribution in [1.29, 1.82) is 0 Å². The molecule has 0 spiro atoms. The lowest BCUT2D eigenvalue weighted by molar-refractivity contribution is -0.113. The van der Waals surface area contributed by atoms with Crippen LogP contribution in [0.2, 0.25) is 10.0 Å². The molecule has 2 aromatic carbocycles. The molecule has 140 valence electrons. The molecule has 0 saturated carbocycles. The molecule has 1 aliphatic rings. The Balaban J connectivity index is 2.00. The molecule has 1 aliphatic heterocycles. The molecule has 0 atom stereocenters. The Morgan fingerprint density at radius 2 is 1.85 bits per heavy atom. The number of hydrogen-bond acceptors (Lipinski definition) is 6. The summed E-state index contributed by atoms with van der Waals surface area (Å²) in [6.07, 6.45) is 2.43. The van der Waals surface area contributed by atoms with Crippen LogP contribution in [-0.2, 0) is 14.9 Å². The molecule has 1 saturated heterocycles. The number of hydrogen-bond donors (Lipinski definition) is 0. The Bertz CT molecular complexity index is 1080. The van der Waals surface area contributed by atoms with E-state index in [2.05, 4.69) is 0 Å². The molecule has 0 aliphatic carbocycles. The first-order valence-corrected chi connectivity index (χ1v) is 11.2. The SMILES string of the molecule is CS(=O)(=O)Oc1ccc(Cl)cc1C=C1SC(=S)N(c2cccc(Cl)c2)C1=O. The van der Waals surface area contributed by atoms with Gasteiger partial charge in [-0.05, 0) is 42.5 Å². The van der Waals surface area contributed by atoms with Crippen LogP contribution in [0.25, 0.3) is 6.08 Å². The van der Waals surface area contributed by atoms with Crippen LogP contribution in [-0.4, -0.2) is 24.9 Å². The third-order valence-corrected chi connectivity index (χ3v) is 5.61. The fourth-order valence-electron chi connectivity index (χ4n) is 2.32. The lowest BCUT2D eigenvalue weighted by Gasteiger charge is -2.14. The lowest BCUT2D eigenvalue weighted by Crippen LogP contribution is -2.27. The molecule has 0 bridgehead atoms. The van der Waals surface area contributed by atoms with Crippen LogP contribution in [0.3, 0.4) is 0 Å². The molecule has 2 aromatic rings. The third kappa shape index (κ3) is 4.83. The fraction of sp³-hybridized carbons (Fsp3) is 0.0588. The smallest absolute Gasteiger partial charge is 0.306 e. The number of nitrogens with zero attached hydrogens (tertiary/aromatic N) is 1. The van der Waals surface area contributed by atoms with Crippen LogP contribution in [0, 0.1) is 0 Å². The predicted octanol–water partition coefficient (Wildman–Crippen LogP) is 4.74. The van der Waals surface area contributed by atoms with Crippen molar-refractivity contribution >= 4 is 79.3 Å². The van der Waals surface area contributed by atoms with E-state index in [9.17, 15) is 13.2 Å². The van der Waals surface area contributed by atoms with E-state index in [-0.39, 0.29) is 11.7 Å². The molecule has 0 aromatic heterocycles. The number of carbonyl (C=O) groups is 1.